The summed E-state index contributed by atoms with van der Waals surface area (Å²) in [6.07, 6.45) is 4.54. The van der Waals surface area contributed by atoms with E-state index in [-0.39, 0.29) is 5.82 Å². The van der Waals surface area contributed by atoms with Crippen LogP contribution in [0, 0.1) is 5.82 Å². The van der Waals surface area contributed by atoms with Gasteiger partial charge >= 0.3 is 0 Å². The summed E-state index contributed by atoms with van der Waals surface area (Å²) >= 11 is 1.54. The topological polar surface area (TPSA) is 68.9 Å². The van der Waals surface area contributed by atoms with E-state index in [0.29, 0.717) is 0 Å². The highest BCUT2D eigenvalue weighted by Crippen LogP contribution is 2.36. The van der Waals surface area contributed by atoms with Crippen molar-refractivity contribution in [3.8, 4) is 22.5 Å². The van der Waals surface area contributed by atoms with Gasteiger partial charge in [0, 0.05) is 37.0 Å². The van der Waals surface area contributed by atoms with Crippen LogP contribution in [-0.2, 0) is 6.42 Å². The number of aromatic amines is 1. The summed E-state index contributed by atoms with van der Waals surface area (Å²) < 4.78 is 13.4. The molecule has 0 unspecified atom stereocenters. The quantitative estimate of drug-likeness (QED) is 0.426. The molecule has 0 bridgehead atoms. The van der Waals surface area contributed by atoms with Crippen molar-refractivity contribution in [2.24, 2.45) is 0 Å². The Morgan fingerprint density at radius 3 is 2.44 bits per heavy atom. The number of aromatic nitrogens is 3. The lowest BCUT2D eigenvalue weighted by Gasteiger charge is -2.24. The third-order valence-electron chi connectivity index (χ3n) is 4.31. The Kier molecular flexibility index (Phi) is 6.10. The second-order valence-electron chi connectivity index (χ2n) is 5.77. The number of thioether (sulfide) groups is 1. The van der Waals surface area contributed by atoms with E-state index >= 15 is 0 Å². The van der Waals surface area contributed by atoms with Crippen LogP contribution in [0.5, 0.6) is 0 Å². The smallest absolute Gasteiger partial charge is 0.166 e. The summed E-state index contributed by atoms with van der Waals surface area (Å²) in [7, 11) is 3.66. The maximum Gasteiger partial charge on any atom is 0.166 e. The van der Waals surface area contributed by atoms with Crippen LogP contribution in [0.2, 0.25) is 0 Å². The van der Waals surface area contributed by atoms with E-state index in [1.165, 1.54) is 23.9 Å². The van der Waals surface area contributed by atoms with Gasteiger partial charge in [0.2, 0.25) is 0 Å². The summed E-state index contributed by atoms with van der Waals surface area (Å²) in [6, 6.07) is 8.39. The van der Waals surface area contributed by atoms with Crippen molar-refractivity contribution in [2.75, 3.05) is 25.5 Å². The SMILES string of the molecule is CCc1c(-c2[nH]c(SC)nc2-c2ccc(F)cc2)ccnc1N(NC)NC. The highest BCUT2D eigenvalue weighted by Gasteiger charge is 2.20. The summed E-state index contributed by atoms with van der Waals surface area (Å²) in [6.45, 7) is 2.09. The fraction of sp³-hybridized carbons (Fsp3) is 0.263. The van der Waals surface area contributed by atoms with Crippen LogP contribution >= 0.6 is 11.8 Å². The number of halogens is 1. The number of hydrogen-bond acceptors (Lipinski definition) is 6. The molecule has 6 nitrogen and oxygen atoms in total. The molecule has 3 rings (SSSR count). The molecule has 0 atom stereocenters. The predicted molar refractivity (Wildman–Crippen MR) is 109 cm³/mol. The highest BCUT2D eigenvalue weighted by molar-refractivity contribution is 7.98. The summed E-state index contributed by atoms with van der Waals surface area (Å²) in [5.74, 6) is 0.533. The number of benzene rings is 1. The zero-order valence-electron chi connectivity index (χ0n) is 15.8. The number of nitrogens with zero attached hydrogens (tertiary/aromatic N) is 3. The molecule has 0 aliphatic heterocycles. The van der Waals surface area contributed by atoms with Gasteiger partial charge in [0.25, 0.3) is 0 Å². The predicted octanol–water partition coefficient (Wildman–Crippen LogP) is 3.64. The van der Waals surface area contributed by atoms with Crippen LogP contribution in [0.1, 0.15) is 12.5 Å². The first-order valence-corrected chi connectivity index (χ1v) is 9.88. The molecule has 0 aliphatic carbocycles. The summed E-state index contributed by atoms with van der Waals surface area (Å²) in [5, 5.41) is 2.58. The van der Waals surface area contributed by atoms with Crippen molar-refractivity contribution in [3.05, 3.63) is 47.9 Å². The van der Waals surface area contributed by atoms with Gasteiger partial charge in [0.15, 0.2) is 11.0 Å². The first-order valence-electron chi connectivity index (χ1n) is 8.66. The number of imidazole rings is 1. The van der Waals surface area contributed by atoms with E-state index in [9.17, 15) is 4.39 Å². The third-order valence-corrected chi connectivity index (χ3v) is 4.89. The second kappa shape index (κ2) is 8.51. The Morgan fingerprint density at radius 1 is 1.15 bits per heavy atom. The van der Waals surface area contributed by atoms with E-state index in [0.717, 1.165) is 45.5 Å². The highest BCUT2D eigenvalue weighted by atomic mass is 32.2. The normalized spacial score (nSPS) is 11.0. The van der Waals surface area contributed by atoms with Crippen LogP contribution in [0.25, 0.3) is 22.5 Å². The van der Waals surface area contributed by atoms with Crippen molar-refractivity contribution in [3.63, 3.8) is 0 Å². The lowest BCUT2D eigenvalue weighted by Crippen LogP contribution is -2.45. The number of anilines is 1. The van der Waals surface area contributed by atoms with Gasteiger partial charge < -0.3 is 4.98 Å². The van der Waals surface area contributed by atoms with E-state index in [2.05, 4.69) is 27.7 Å². The molecule has 0 aliphatic rings. The summed E-state index contributed by atoms with van der Waals surface area (Å²) in [4.78, 5) is 12.7. The molecule has 0 saturated heterocycles. The van der Waals surface area contributed by atoms with Gasteiger partial charge in [-0.05, 0) is 43.0 Å². The Labute approximate surface area is 162 Å². The third kappa shape index (κ3) is 3.83. The molecule has 0 spiro atoms. The Bertz CT molecular complexity index is 905. The molecule has 2 heterocycles. The number of pyridine rings is 1. The van der Waals surface area contributed by atoms with Crippen LogP contribution in [0.4, 0.5) is 10.2 Å². The molecule has 0 saturated carbocycles. The average molecular weight is 387 g/mol. The van der Waals surface area contributed by atoms with Crippen molar-refractivity contribution >= 4 is 17.6 Å². The molecule has 142 valence electrons. The molecule has 0 amide bonds. The molecule has 3 N–H and O–H groups in total. The Morgan fingerprint density at radius 2 is 1.85 bits per heavy atom. The average Bonchev–Trinajstić information content (AvgIpc) is 3.13. The lowest BCUT2D eigenvalue weighted by atomic mass is 10.00. The van der Waals surface area contributed by atoms with Gasteiger partial charge in [-0.3, -0.25) is 0 Å². The monoisotopic (exact) mass is 386 g/mol. The number of rotatable bonds is 7. The van der Waals surface area contributed by atoms with Crippen molar-refractivity contribution in [2.45, 2.75) is 18.5 Å². The molecule has 3 aromatic rings. The zero-order valence-corrected chi connectivity index (χ0v) is 16.6. The van der Waals surface area contributed by atoms with Crippen LogP contribution in [0.15, 0.2) is 41.7 Å². The van der Waals surface area contributed by atoms with Gasteiger partial charge in [-0.25, -0.2) is 30.3 Å². The lowest BCUT2D eigenvalue weighted by molar-refractivity contribution is 0.611. The molecule has 0 radical (unpaired) electrons. The first kappa shape index (κ1) is 19.3. The van der Waals surface area contributed by atoms with E-state index in [4.69, 9.17) is 4.98 Å². The van der Waals surface area contributed by atoms with E-state index in [1.54, 1.807) is 23.4 Å². The van der Waals surface area contributed by atoms with E-state index in [1.807, 2.05) is 26.4 Å². The van der Waals surface area contributed by atoms with Crippen LogP contribution in [0.3, 0.4) is 0 Å². The van der Waals surface area contributed by atoms with Gasteiger partial charge in [-0.1, -0.05) is 18.7 Å². The second-order valence-corrected chi connectivity index (χ2v) is 6.57. The molecule has 8 heteroatoms. The summed E-state index contributed by atoms with van der Waals surface area (Å²) in [5.41, 5.74) is 10.8. The fourth-order valence-corrected chi connectivity index (χ4v) is 3.43. The Hall–Kier alpha value is -2.42. The van der Waals surface area contributed by atoms with Gasteiger partial charge in [0.1, 0.15) is 5.82 Å². The molecule has 27 heavy (non-hydrogen) atoms. The first-order chi connectivity index (χ1) is 13.1. The number of hydrogen-bond donors (Lipinski definition) is 3. The fourth-order valence-electron chi connectivity index (χ4n) is 3.04. The molecule has 0 fully saturated rings. The van der Waals surface area contributed by atoms with Crippen LogP contribution in [-0.4, -0.2) is 35.3 Å². The largest absolute Gasteiger partial charge is 0.332 e. The van der Waals surface area contributed by atoms with Crippen LogP contribution < -0.4 is 16.0 Å². The zero-order chi connectivity index (χ0) is 19.4. The van der Waals surface area contributed by atoms with Gasteiger partial charge in [0.05, 0.1) is 11.4 Å². The minimum absolute atomic E-state index is 0.264. The number of nitrogens with one attached hydrogen (secondary N) is 3. The van der Waals surface area contributed by atoms with Crippen molar-refractivity contribution < 1.29 is 4.39 Å². The molecule has 2 aromatic heterocycles. The Balaban J connectivity index is 2.20. The minimum atomic E-state index is -0.264. The minimum Gasteiger partial charge on any atom is -0.332 e. The molecular weight excluding hydrogens is 363 g/mol. The number of H-pyrrole nitrogens is 1. The number of hydrazine groups is 2. The molecular formula is C19H23FN6S. The van der Waals surface area contributed by atoms with Crippen molar-refractivity contribution in [1.29, 1.82) is 0 Å². The van der Waals surface area contributed by atoms with Crippen molar-refractivity contribution in [1.82, 2.24) is 25.8 Å². The maximum absolute atomic E-state index is 13.4. The van der Waals surface area contributed by atoms with E-state index < -0.39 is 0 Å². The van der Waals surface area contributed by atoms with Gasteiger partial charge in [-0.2, -0.15) is 0 Å². The maximum atomic E-state index is 13.4. The van der Waals surface area contributed by atoms with Gasteiger partial charge in [-0.15, -0.1) is 0 Å². The standard InChI is InChI=1S/C19H23FN6S/c1-5-14-15(10-11-23-18(14)26(21-2)22-3)17-16(24-19(25-17)27-4)12-6-8-13(20)9-7-12/h6-11,21-22H,5H2,1-4H3,(H,24,25). The molecule has 1 aromatic carbocycles.